The number of hydrogen-bond acceptors (Lipinski definition) is 3. The summed E-state index contributed by atoms with van der Waals surface area (Å²) in [7, 11) is 3.10. The van der Waals surface area contributed by atoms with Crippen LogP contribution in [0.5, 0.6) is 11.5 Å². The van der Waals surface area contributed by atoms with E-state index >= 15 is 0 Å². The van der Waals surface area contributed by atoms with Gasteiger partial charge in [0.2, 0.25) is 0 Å². The fraction of sp³-hybridized carbons (Fsp3) is 0.455. The van der Waals surface area contributed by atoms with Gasteiger partial charge in [-0.3, -0.25) is 4.39 Å². The first-order valence-corrected chi connectivity index (χ1v) is 4.77. The zero-order valence-corrected chi connectivity index (χ0v) is 9.00. The Morgan fingerprint density at radius 3 is 2.60 bits per heavy atom. The lowest BCUT2D eigenvalue weighted by Crippen LogP contribution is -2.12. The largest absolute Gasteiger partial charge is 0.493 e. The SMILES string of the molecule is COc1cccc([C@@H](N)CCF)c1OC. The Morgan fingerprint density at radius 1 is 1.33 bits per heavy atom. The van der Waals surface area contributed by atoms with Crippen molar-refractivity contribution >= 4 is 0 Å². The van der Waals surface area contributed by atoms with E-state index in [1.807, 2.05) is 12.1 Å². The van der Waals surface area contributed by atoms with Gasteiger partial charge in [0, 0.05) is 11.6 Å². The summed E-state index contributed by atoms with van der Waals surface area (Å²) < 4.78 is 22.5. The van der Waals surface area contributed by atoms with Crippen LogP contribution in [-0.4, -0.2) is 20.9 Å². The van der Waals surface area contributed by atoms with Crippen molar-refractivity contribution in [1.82, 2.24) is 0 Å². The number of ether oxygens (including phenoxy) is 2. The maximum atomic E-state index is 12.2. The van der Waals surface area contributed by atoms with Gasteiger partial charge in [-0.05, 0) is 12.5 Å². The van der Waals surface area contributed by atoms with Gasteiger partial charge in [0.15, 0.2) is 11.5 Å². The average Bonchev–Trinajstić information content (AvgIpc) is 2.28. The Morgan fingerprint density at radius 2 is 2.07 bits per heavy atom. The van der Waals surface area contributed by atoms with Crippen LogP contribution >= 0.6 is 0 Å². The second-order valence-electron chi connectivity index (χ2n) is 3.17. The smallest absolute Gasteiger partial charge is 0.165 e. The van der Waals surface area contributed by atoms with Gasteiger partial charge in [-0.2, -0.15) is 0 Å². The number of hydrogen-bond donors (Lipinski definition) is 1. The van der Waals surface area contributed by atoms with Gasteiger partial charge < -0.3 is 15.2 Å². The van der Waals surface area contributed by atoms with Crippen LogP contribution in [0, 0.1) is 0 Å². The molecule has 0 spiro atoms. The fourth-order valence-electron chi connectivity index (χ4n) is 1.48. The monoisotopic (exact) mass is 213 g/mol. The summed E-state index contributed by atoms with van der Waals surface area (Å²) in [6.45, 7) is -0.443. The molecule has 0 unspecified atom stereocenters. The van der Waals surface area contributed by atoms with Crippen LogP contribution in [-0.2, 0) is 0 Å². The van der Waals surface area contributed by atoms with E-state index in [0.717, 1.165) is 5.56 Å². The minimum absolute atomic E-state index is 0.281. The number of alkyl halides is 1. The Bertz CT molecular complexity index is 317. The zero-order chi connectivity index (χ0) is 11.3. The van der Waals surface area contributed by atoms with Crippen LogP contribution < -0.4 is 15.2 Å². The van der Waals surface area contributed by atoms with E-state index in [2.05, 4.69) is 0 Å². The molecule has 0 saturated carbocycles. The molecule has 4 heteroatoms. The molecule has 0 aromatic heterocycles. The molecule has 2 N–H and O–H groups in total. The molecule has 84 valence electrons. The first-order valence-electron chi connectivity index (χ1n) is 4.77. The summed E-state index contributed by atoms with van der Waals surface area (Å²) in [5.74, 6) is 1.20. The molecular formula is C11H16FNO2. The number of methoxy groups -OCH3 is 2. The lowest BCUT2D eigenvalue weighted by Gasteiger charge is -2.16. The molecule has 0 aliphatic heterocycles. The Kier molecular flexibility index (Phi) is 4.37. The lowest BCUT2D eigenvalue weighted by molar-refractivity contribution is 0.346. The van der Waals surface area contributed by atoms with E-state index in [4.69, 9.17) is 15.2 Å². The van der Waals surface area contributed by atoms with Crippen molar-refractivity contribution in [3.05, 3.63) is 23.8 Å². The fourth-order valence-corrected chi connectivity index (χ4v) is 1.48. The second kappa shape index (κ2) is 5.56. The molecule has 0 fully saturated rings. The van der Waals surface area contributed by atoms with E-state index < -0.39 is 6.67 Å². The van der Waals surface area contributed by atoms with Gasteiger partial charge in [-0.15, -0.1) is 0 Å². The molecule has 1 rings (SSSR count). The number of benzene rings is 1. The lowest BCUT2D eigenvalue weighted by atomic mass is 10.0. The number of para-hydroxylation sites is 1. The first-order chi connectivity index (χ1) is 7.24. The van der Waals surface area contributed by atoms with Crippen LogP contribution in [0.1, 0.15) is 18.0 Å². The number of nitrogens with two attached hydrogens (primary N) is 1. The van der Waals surface area contributed by atoms with Gasteiger partial charge in [0.1, 0.15) is 0 Å². The summed E-state index contributed by atoms with van der Waals surface area (Å²) >= 11 is 0. The summed E-state index contributed by atoms with van der Waals surface area (Å²) in [6.07, 6.45) is 0.281. The van der Waals surface area contributed by atoms with E-state index in [9.17, 15) is 4.39 Å². The van der Waals surface area contributed by atoms with Crippen molar-refractivity contribution in [3.63, 3.8) is 0 Å². The molecule has 1 atom stereocenters. The highest BCUT2D eigenvalue weighted by atomic mass is 19.1. The topological polar surface area (TPSA) is 44.5 Å². The van der Waals surface area contributed by atoms with Crippen molar-refractivity contribution in [2.75, 3.05) is 20.9 Å². The molecule has 0 aliphatic rings. The standard InChI is InChI=1S/C11H16FNO2/c1-14-10-5-3-4-8(11(10)15-2)9(13)6-7-12/h3-5,9H,6-7,13H2,1-2H3/t9-/m0/s1. The van der Waals surface area contributed by atoms with Crippen molar-refractivity contribution in [2.45, 2.75) is 12.5 Å². The quantitative estimate of drug-likeness (QED) is 0.814. The highest BCUT2D eigenvalue weighted by Gasteiger charge is 2.15. The summed E-state index contributed by atoms with van der Waals surface area (Å²) in [6, 6.07) is 5.06. The molecule has 0 amide bonds. The van der Waals surface area contributed by atoms with E-state index in [1.165, 1.54) is 0 Å². The molecular weight excluding hydrogens is 197 g/mol. The van der Waals surface area contributed by atoms with E-state index in [-0.39, 0.29) is 12.5 Å². The van der Waals surface area contributed by atoms with E-state index in [1.54, 1.807) is 20.3 Å². The average molecular weight is 213 g/mol. The summed E-state index contributed by atoms with van der Waals surface area (Å²) in [5, 5.41) is 0. The van der Waals surface area contributed by atoms with Crippen LogP contribution in [0.4, 0.5) is 4.39 Å². The third-order valence-corrected chi connectivity index (χ3v) is 2.25. The minimum Gasteiger partial charge on any atom is -0.493 e. The van der Waals surface area contributed by atoms with E-state index in [0.29, 0.717) is 11.5 Å². The van der Waals surface area contributed by atoms with Crippen molar-refractivity contribution in [1.29, 1.82) is 0 Å². The van der Waals surface area contributed by atoms with Crippen LogP contribution in [0.15, 0.2) is 18.2 Å². The molecule has 1 aromatic carbocycles. The predicted molar refractivity (Wildman–Crippen MR) is 57.1 cm³/mol. The summed E-state index contributed by atoms with van der Waals surface area (Å²) in [5.41, 5.74) is 6.60. The van der Waals surface area contributed by atoms with Crippen molar-refractivity contribution < 1.29 is 13.9 Å². The molecule has 15 heavy (non-hydrogen) atoms. The second-order valence-corrected chi connectivity index (χ2v) is 3.17. The first kappa shape index (κ1) is 11.8. The molecule has 0 heterocycles. The molecule has 3 nitrogen and oxygen atoms in total. The molecule has 0 bridgehead atoms. The molecule has 0 saturated heterocycles. The Balaban J connectivity index is 3.05. The van der Waals surface area contributed by atoms with Crippen LogP contribution in [0.3, 0.4) is 0 Å². The van der Waals surface area contributed by atoms with Gasteiger partial charge in [0.25, 0.3) is 0 Å². The zero-order valence-electron chi connectivity index (χ0n) is 9.00. The van der Waals surface area contributed by atoms with Gasteiger partial charge in [0.05, 0.1) is 20.9 Å². The minimum atomic E-state index is -0.443. The maximum Gasteiger partial charge on any atom is 0.165 e. The van der Waals surface area contributed by atoms with Gasteiger partial charge >= 0.3 is 0 Å². The third-order valence-electron chi connectivity index (χ3n) is 2.25. The number of halogens is 1. The normalized spacial score (nSPS) is 12.3. The van der Waals surface area contributed by atoms with Crippen molar-refractivity contribution in [2.24, 2.45) is 5.73 Å². The van der Waals surface area contributed by atoms with Crippen LogP contribution in [0.2, 0.25) is 0 Å². The molecule has 1 aromatic rings. The Labute approximate surface area is 89.0 Å². The maximum absolute atomic E-state index is 12.2. The van der Waals surface area contributed by atoms with Gasteiger partial charge in [-0.1, -0.05) is 12.1 Å². The predicted octanol–water partition coefficient (Wildman–Crippen LogP) is 2.06. The third kappa shape index (κ3) is 2.59. The van der Waals surface area contributed by atoms with Crippen LogP contribution in [0.25, 0.3) is 0 Å². The molecule has 0 radical (unpaired) electrons. The summed E-state index contributed by atoms with van der Waals surface area (Å²) in [4.78, 5) is 0. The van der Waals surface area contributed by atoms with Gasteiger partial charge in [-0.25, -0.2) is 0 Å². The number of rotatable bonds is 5. The van der Waals surface area contributed by atoms with Crippen molar-refractivity contribution in [3.8, 4) is 11.5 Å². The molecule has 0 aliphatic carbocycles. The highest BCUT2D eigenvalue weighted by Crippen LogP contribution is 2.34. The Hall–Kier alpha value is -1.29. The highest BCUT2D eigenvalue weighted by molar-refractivity contribution is 5.47.